The number of hydrogen-bond acceptors (Lipinski definition) is 4. The minimum Gasteiger partial charge on any atom is -0.385 e. The van der Waals surface area contributed by atoms with Crippen LogP contribution in [0.3, 0.4) is 0 Å². The van der Waals surface area contributed by atoms with Crippen LogP contribution in [-0.2, 0) is 0 Å². The summed E-state index contributed by atoms with van der Waals surface area (Å²) in [4.78, 5) is 10.4. The van der Waals surface area contributed by atoms with Gasteiger partial charge < -0.3 is 10.6 Å². The van der Waals surface area contributed by atoms with Gasteiger partial charge in [0.05, 0.1) is 4.92 Å². The lowest BCUT2D eigenvalue weighted by atomic mass is 10.1. The van der Waals surface area contributed by atoms with Crippen molar-refractivity contribution < 1.29 is 4.92 Å². The third-order valence-corrected chi connectivity index (χ3v) is 2.60. The number of benzene rings is 1. The fourth-order valence-electron chi connectivity index (χ4n) is 1.63. The van der Waals surface area contributed by atoms with Gasteiger partial charge in [0, 0.05) is 23.9 Å². The van der Waals surface area contributed by atoms with Crippen LogP contribution >= 0.6 is 0 Å². The molecule has 0 amide bonds. The number of anilines is 1. The molecule has 0 aliphatic rings. The van der Waals surface area contributed by atoms with E-state index >= 15 is 0 Å². The first kappa shape index (κ1) is 13.4. The summed E-state index contributed by atoms with van der Waals surface area (Å²) >= 11 is 0. The summed E-state index contributed by atoms with van der Waals surface area (Å²) in [7, 11) is 0. The second-order valence-electron chi connectivity index (χ2n) is 3.84. The van der Waals surface area contributed by atoms with Gasteiger partial charge >= 0.3 is 0 Å². The monoisotopic (exact) mass is 237 g/mol. The Morgan fingerprint density at radius 3 is 2.76 bits per heavy atom. The van der Waals surface area contributed by atoms with Crippen LogP contribution in [0.5, 0.6) is 0 Å². The van der Waals surface area contributed by atoms with Gasteiger partial charge in [0.25, 0.3) is 5.69 Å². The fraction of sp³-hybridized carbons (Fsp3) is 0.500. The summed E-state index contributed by atoms with van der Waals surface area (Å²) in [6.45, 7) is 6.57. The lowest BCUT2D eigenvalue weighted by molar-refractivity contribution is -0.385. The van der Waals surface area contributed by atoms with Gasteiger partial charge in [-0.3, -0.25) is 10.1 Å². The largest absolute Gasteiger partial charge is 0.385 e. The zero-order valence-electron chi connectivity index (χ0n) is 10.3. The van der Waals surface area contributed by atoms with Gasteiger partial charge in [0.1, 0.15) is 0 Å². The molecule has 0 atom stereocenters. The predicted octanol–water partition coefficient (Wildman–Crippen LogP) is 2.31. The van der Waals surface area contributed by atoms with Crippen LogP contribution in [0.2, 0.25) is 0 Å². The third kappa shape index (κ3) is 4.03. The molecule has 1 aromatic rings. The first-order valence-corrected chi connectivity index (χ1v) is 5.85. The zero-order valence-corrected chi connectivity index (χ0v) is 10.3. The highest BCUT2D eigenvalue weighted by molar-refractivity contribution is 5.59. The van der Waals surface area contributed by atoms with Crippen LogP contribution in [0.1, 0.15) is 18.9 Å². The molecule has 1 rings (SSSR count). The molecule has 0 radical (unpaired) electrons. The minimum atomic E-state index is -0.348. The van der Waals surface area contributed by atoms with E-state index < -0.39 is 0 Å². The molecule has 17 heavy (non-hydrogen) atoms. The van der Waals surface area contributed by atoms with Gasteiger partial charge in [-0.25, -0.2) is 0 Å². The Morgan fingerprint density at radius 2 is 2.12 bits per heavy atom. The molecule has 0 aliphatic heterocycles. The molecule has 5 nitrogen and oxygen atoms in total. The molecule has 0 heterocycles. The Balaban J connectivity index is 2.54. The van der Waals surface area contributed by atoms with E-state index in [2.05, 4.69) is 17.6 Å². The van der Waals surface area contributed by atoms with Gasteiger partial charge in [-0.05, 0) is 32.5 Å². The maximum atomic E-state index is 10.8. The summed E-state index contributed by atoms with van der Waals surface area (Å²) in [5.74, 6) is 0. The van der Waals surface area contributed by atoms with Crippen molar-refractivity contribution in [3.05, 3.63) is 33.9 Å². The number of nitro groups is 1. The fourth-order valence-corrected chi connectivity index (χ4v) is 1.63. The number of nitrogens with one attached hydrogen (secondary N) is 2. The Morgan fingerprint density at radius 1 is 1.35 bits per heavy atom. The smallest absolute Gasteiger partial charge is 0.274 e. The van der Waals surface area contributed by atoms with E-state index in [0.29, 0.717) is 5.56 Å². The van der Waals surface area contributed by atoms with E-state index in [0.717, 1.165) is 31.7 Å². The molecule has 0 aromatic heterocycles. The number of nitrogens with zero attached hydrogens (tertiary/aromatic N) is 1. The second kappa shape index (κ2) is 6.85. The van der Waals surface area contributed by atoms with E-state index in [1.54, 1.807) is 13.0 Å². The summed E-state index contributed by atoms with van der Waals surface area (Å²) in [6.07, 6.45) is 0.996. The molecule has 0 saturated carbocycles. The van der Waals surface area contributed by atoms with E-state index in [4.69, 9.17) is 0 Å². The maximum absolute atomic E-state index is 10.8. The molecule has 2 N–H and O–H groups in total. The van der Waals surface area contributed by atoms with Crippen molar-refractivity contribution in [2.24, 2.45) is 0 Å². The van der Waals surface area contributed by atoms with Crippen molar-refractivity contribution in [3.8, 4) is 0 Å². The summed E-state index contributed by atoms with van der Waals surface area (Å²) in [5.41, 5.74) is 1.71. The second-order valence-corrected chi connectivity index (χ2v) is 3.84. The van der Waals surface area contributed by atoms with Crippen molar-refractivity contribution in [3.63, 3.8) is 0 Å². The highest BCUT2D eigenvalue weighted by atomic mass is 16.6. The van der Waals surface area contributed by atoms with Crippen molar-refractivity contribution in [1.82, 2.24) is 5.32 Å². The van der Waals surface area contributed by atoms with E-state index in [1.165, 1.54) is 6.07 Å². The lowest BCUT2D eigenvalue weighted by Crippen LogP contribution is -2.17. The molecule has 0 spiro atoms. The van der Waals surface area contributed by atoms with Crippen molar-refractivity contribution in [2.75, 3.05) is 25.0 Å². The van der Waals surface area contributed by atoms with Crippen molar-refractivity contribution in [1.29, 1.82) is 0 Å². The highest BCUT2D eigenvalue weighted by Crippen LogP contribution is 2.24. The lowest BCUT2D eigenvalue weighted by Gasteiger charge is -2.09. The molecule has 0 bridgehead atoms. The van der Waals surface area contributed by atoms with Crippen molar-refractivity contribution in [2.45, 2.75) is 20.3 Å². The molecular weight excluding hydrogens is 218 g/mol. The topological polar surface area (TPSA) is 67.2 Å². The van der Waals surface area contributed by atoms with Crippen LogP contribution in [0.15, 0.2) is 18.2 Å². The molecule has 94 valence electrons. The molecule has 5 heteroatoms. The zero-order chi connectivity index (χ0) is 12.7. The summed E-state index contributed by atoms with van der Waals surface area (Å²) in [6, 6.07) is 5.10. The molecule has 0 saturated heterocycles. The average Bonchev–Trinajstić information content (AvgIpc) is 2.30. The molecule has 0 aliphatic carbocycles. The Bertz CT molecular complexity index is 380. The molecule has 0 unspecified atom stereocenters. The number of rotatable bonds is 7. The highest BCUT2D eigenvalue weighted by Gasteiger charge is 2.12. The average molecular weight is 237 g/mol. The van der Waals surface area contributed by atoms with Gasteiger partial charge in [-0.15, -0.1) is 0 Å². The quantitative estimate of drug-likeness (QED) is 0.434. The van der Waals surface area contributed by atoms with Crippen LogP contribution in [0.25, 0.3) is 0 Å². The van der Waals surface area contributed by atoms with Gasteiger partial charge in [0.15, 0.2) is 0 Å². The van der Waals surface area contributed by atoms with Crippen LogP contribution < -0.4 is 10.6 Å². The molecule has 1 aromatic carbocycles. The first-order chi connectivity index (χ1) is 8.16. The predicted molar refractivity (Wildman–Crippen MR) is 69.5 cm³/mol. The Hall–Kier alpha value is -1.62. The van der Waals surface area contributed by atoms with Gasteiger partial charge in [-0.1, -0.05) is 13.0 Å². The SMILES string of the molecule is CCNCCCNc1cccc([N+](=O)[O-])c1C. The number of nitro benzene ring substituents is 1. The standard InChI is InChI=1S/C12H19N3O2/c1-3-13-8-5-9-14-11-6-4-7-12(10(11)2)15(16)17/h4,6-7,13-14H,3,5,8-9H2,1-2H3. The molecule has 0 fully saturated rings. The van der Waals surface area contributed by atoms with E-state index in [1.807, 2.05) is 6.07 Å². The minimum absolute atomic E-state index is 0.168. The van der Waals surface area contributed by atoms with Crippen LogP contribution in [0.4, 0.5) is 11.4 Å². The number of hydrogen-bond donors (Lipinski definition) is 2. The third-order valence-electron chi connectivity index (χ3n) is 2.60. The Labute approximate surface area is 101 Å². The summed E-state index contributed by atoms with van der Waals surface area (Å²) < 4.78 is 0. The normalized spacial score (nSPS) is 10.2. The summed E-state index contributed by atoms with van der Waals surface area (Å²) in [5, 5.41) is 17.2. The van der Waals surface area contributed by atoms with E-state index in [-0.39, 0.29) is 10.6 Å². The van der Waals surface area contributed by atoms with Crippen LogP contribution in [-0.4, -0.2) is 24.6 Å². The van der Waals surface area contributed by atoms with E-state index in [9.17, 15) is 10.1 Å². The maximum Gasteiger partial charge on any atom is 0.274 e. The van der Waals surface area contributed by atoms with Gasteiger partial charge in [0.2, 0.25) is 0 Å². The van der Waals surface area contributed by atoms with Crippen molar-refractivity contribution >= 4 is 11.4 Å². The van der Waals surface area contributed by atoms with Crippen LogP contribution in [0, 0.1) is 17.0 Å². The molecular formula is C12H19N3O2. The first-order valence-electron chi connectivity index (χ1n) is 5.85. The van der Waals surface area contributed by atoms with Gasteiger partial charge in [-0.2, -0.15) is 0 Å². The Kier molecular flexibility index (Phi) is 5.42.